The van der Waals surface area contributed by atoms with E-state index in [1.165, 1.54) is 32.9 Å². The second-order valence-corrected chi connectivity index (χ2v) is 4.78. The first kappa shape index (κ1) is 16.6. The van der Waals surface area contributed by atoms with E-state index < -0.39 is 35.4 Å². The van der Waals surface area contributed by atoms with Crippen molar-refractivity contribution in [3.05, 3.63) is 24.0 Å². The Balaban J connectivity index is 2.85. The van der Waals surface area contributed by atoms with Crippen molar-refractivity contribution in [3.63, 3.8) is 0 Å². The van der Waals surface area contributed by atoms with Gasteiger partial charge in [-0.15, -0.1) is 0 Å². The minimum Gasteiger partial charge on any atom is -0.481 e. The summed E-state index contributed by atoms with van der Waals surface area (Å²) >= 11 is 0. The van der Waals surface area contributed by atoms with Gasteiger partial charge in [0, 0.05) is 18.5 Å². The molecule has 0 radical (unpaired) electrons. The maximum absolute atomic E-state index is 13.5. The van der Waals surface area contributed by atoms with Crippen molar-refractivity contribution in [3.8, 4) is 0 Å². The van der Waals surface area contributed by atoms with Crippen LogP contribution in [0.4, 0.5) is 15.8 Å². The first-order valence-electron chi connectivity index (χ1n) is 6.33. The number of carboxylic acid groups (broad SMARTS) is 1. The number of hydrogen-bond donors (Lipinski definition) is 3. The summed E-state index contributed by atoms with van der Waals surface area (Å²) in [7, 11) is 0. The summed E-state index contributed by atoms with van der Waals surface area (Å²) in [6.45, 7) is 4.16. The predicted octanol–water partition coefficient (Wildman–Crippen LogP) is 2.08. The molecule has 3 N–H and O–H groups in total. The lowest BCUT2D eigenvalue weighted by Crippen LogP contribution is -2.30. The number of anilines is 2. The number of carboxylic acids is 1. The van der Waals surface area contributed by atoms with Crippen LogP contribution in [0.2, 0.25) is 0 Å². The molecule has 2 unspecified atom stereocenters. The van der Waals surface area contributed by atoms with Crippen molar-refractivity contribution < 1.29 is 23.9 Å². The summed E-state index contributed by atoms with van der Waals surface area (Å²) in [5.41, 5.74) is 0.217. The third kappa shape index (κ3) is 4.55. The fourth-order valence-electron chi connectivity index (χ4n) is 1.59. The Morgan fingerprint density at radius 2 is 1.76 bits per heavy atom. The molecule has 1 rings (SSSR count). The van der Waals surface area contributed by atoms with Crippen molar-refractivity contribution in [1.82, 2.24) is 0 Å². The number of rotatable bonds is 5. The SMILES string of the molecule is CC(=O)Nc1cc(NC(=O)C(C)C(C)C(=O)O)ccc1F. The van der Waals surface area contributed by atoms with Gasteiger partial charge in [0.05, 0.1) is 11.6 Å². The molecule has 0 aliphatic carbocycles. The Bertz CT molecular complexity index is 574. The number of aliphatic carboxylic acids is 1. The molecule has 0 saturated heterocycles. The van der Waals surface area contributed by atoms with Crippen LogP contribution in [0.3, 0.4) is 0 Å². The number of nitrogens with one attached hydrogen (secondary N) is 2. The molecule has 0 aliphatic heterocycles. The van der Waals surface area contributed by atoms with Crippen LogP contribution >= 0.6 is 0 Å². The second kappa shape index (κ2) is 6.83. The maximum atomic E-state index is 13.5. The molecule has 2 atom stereocenters. The normalized spacial score (nSPS) is 13.1. The molecule has 6 nitrogen and oxygen atoms in total. The quantitative estimate of drug-likeness (QED) is 0.775. The van der Waals surface area contributed by atoms with Crippen LogP contribution in [0.25, 0.3) is 0 Å². The number of amides is 2. The van der Waals surface area contributed by atoms with Gasteiger partial charge in [-0.2, -0.15) is 0 Å². The number of halogens is 1. The van der Waals surface area contributed by atoms with E-state index in [-0.39, 0.29) is 11.4 Å². The summed E-state index contributed by atoms with van der Waals surface area (Å²) in [4.78, 5) is 33.7. The molecule has 0 heterocycles. The van der Waals surface area contributed by atoms with Crippen LogP contribution in [0, 0.1) is 17.7 Å². The predicted molar refractivity (Wildman–Crippen MR) is 75.3 cm³/mol. The van der Waals surface area contributed by atoms with Gasteiger partial charge in [0.15, 0.2) is 0 Å². The molecule has 0 saturated carbocycles. The van der Waals surface area contributed by atoms with E-state index in [0.717, 1.165) is 6.07 Å². The van der Waals surface area contributed by atoms with Crippen LogP contribution in [0.1, 0.15) is 20.8 Å². The number of carbonyl (C=O) groups is 3. The number of hydrogen-bond acceptors (Lipinski definition) is 3. The lowest BCUT2D eigenvalue weighted by Gasteiger charge is -2.16. The van der Waals surface area contributed by atoms with E-state index in [1.807, 2.05) is 0 Å². The van der Waals surface area contributed by atoms with Crippen molar-refractivity contribution in [1.29, 1.82) is 0 Å². The molecule has 0 bridgehead atoms. The summed E-state index contributed by atoms with van der Waals surface area (Å²) in [5.74, 6) is -4.24. The fraction of sp³-hybridized carbons (Fsp3) is 0.357. The highest BCUT2D eigenvalue weighted by molar-refractivity contribution is 5.96. The lowest BCUT2D eigenvalue weighted by molar-refractivity contribution is -0.145. The summed E-state index contributed by atoms with van der Waals surface area (Å²) in [5, 5.41) is 13.7. The van der Waals surface area contributed by atoms with E-state index in [1.54, 1.807) is 0 Å². The van der Waals surface area contributed by atoms with E-state index >= 15 is 0 Å². The van der Waals surface area contributed by atoms with Gasteiger partial charge in [-0.05, 0) is 18.2 Å². The topological polar surface area (TPSA) is 95.5 Å². The fourth-order valence-corrected chi connectivity index (χ4v) is 1.59. The molecular weight excluding hydrogens is 279 g/mol. The second-order valence-electron chi connectivity index (χ2n) is 4.78. The van der Waals surface area contributed by atoms with Gasteiger partial charge in [-0.3, -0.25) is 14.4 Å². The van der Waals surface area contributed by atoms with Crippen LogP contribution in [-0.4, -0.2) is 22.9 Å². The molecule has 1 aromatic rings. The molecule has 0 fully saturated rings. The van der Waals surface area contributed by atoms with Gasteiger partial charge in [0.2, 0.25) is 11.8 Å². The van der Waals surface area contributed by atoms with Crippen LogP contribution in [0.5, 0.6) is 0 Å². The average molecular weight is 296 g/mol. The van der Waals surface area contributed by atoms with E-state index in [0.29, 0.717) is 0 Å². The van der Waals surface area contributed by atoms with Gasteiger partial charge in [-0.25, -0.2) is 4.39 Å². The molecular formula is C14H17FN2O4. The van der Waals surface area contributed by atoms with Gasteiger partial charge < -0.3 is 15.7 Å². The summed E-state index contributed by atoms with van der Waals surface area (Å²) < 4.78 is 13.5. The minimum atomic E-state index is -1.07. The Labute approximate surface area is 121 Å². The summed E-state index contributed by atoms with van der Waals surface area (Å²) in [6, 6.07) is 3.70. The monoisotopic (exact) mass is 296 g/mol. The standard InChI is InChI=1S/C14H17FN2O4/c1-7(8(2)14(20)21)13(19)17-10-4-5-11(15)12(6-10)16-9(3)18/h4-8H,1-3H3,(H,16,18)(H,17,19)(H,20,21). The zero-order valence-corrected chi connectivity index (χ0v) is 11.9. The van der Waals surface area contributed by atoms with Crippen LogP contribution in [0.15, 0.2) is 18.2 Å². The average Bonchev–Trinajstić information content (AvgIpc) is 2.40. The molecule has 21 heavy (non-hydrogen) atoms. The van der Waals surface area contributed by atoms with E-state index in [9.17, 15) is 18.8 Å². The number of benzene rings is 1. The Morgan fingerprint density at radius 1 is 1.14 bits per heavy atom. The molecule has 0 aromatic heterocycles. The summed E-state index contributed by atoms with van der Waals surface area (Å²) in [6.07, 6.45) is 0. The van der Waals surface area contributed by atoms with E-state index in [4.69, 9.17) is 5.11 Å². The maximum Gasteiger partial charge on any atom is 0.307 e. The molecule has 7 heteroatoms. The molecule has 0 aliphatic rings. The number of carbonyl (C=O) groups excluding carboxylic acids is 2. The smallest absolute Gasteiger partial charge is 0.307 e. The van der Waals surface area contributed by atoms with Crippen molar-refractivity contribution in [2.75, 3.05) is 10.6 Å². The third-order valence-electron chi connectivity index (χ3n) is 3.10. The third-order valence-corrected chi connectivity index (χ3v) is 3.10. The largest absolute Gasteiger partial charge is 0.481 e. The zero-order chi connectivity index (χ0) is 16.2. The lowest BCUT2D eigenvalue weighted by atomic mass is 9.95. The van der Waals surface area contributed by atoms with Gasteiger partial charge in [0.1, 0.15) is 5.82 Å². The van der Waals surface area contributed by atoms with Gasteiger partial charge >= 0.3 is 5.97 Å². The van der Waals surface area contributed by atoms with Gasteiger partial charge in [0.25, 0.3) is 0 Å². The highest BCUT2D eigenvalue weighted by atomic mass is 19.1. The zero-order valence-electron chi connectivity index (χ0n) is 11.9. The Kier molecular flexibility index (Phi) is 5.40. The molecule has 114 valence electrons. The van der Waals surface area contributed by atoms with E-state index in [2.05, 4.69) is 10.6 Å². The van der Waals surface area contributed by atoms with Gasteiger partial charge in [-0.1, -0.05) is 13.8 Å². The van der Waals surface area contributed by atoms with Crippen molar-refractivity contribution in [2.24, 2.45) is 11.8 Å². The van der Waals surface area contributed by atoms with Crippen molar-refractivity contribution in [2.45, 2.75) is 20.8 Å². The Morgan fingerprint density at radius 3 is 2.29 bits per heavy atom. The highest BCUT2D eigenvalue weighted by Gasteiger charge is 2.25. The van der Waals surface area contributed by atoms with Crippen LogP contribution in [-0.2, 0) is 14.4 Å². The first-order chi connectivity index (χ1) is 9.72. The Hall–Kier alpha value is -2.44. The van der Waals surface area contributed by atoms with Crippen molar-refractivity contribution >= 4 is 29.2 Å². The molecule has 2 amide bonds. The highest BCUT2D eigenvalue weighted by Crippen LogP contribution is 2.21. The minimum absolute atomic E-state index is 0.0563. The molecule has 0 spiro atoms. The molecule has 1 aromatic carbocycles. The van der Waals surface area contributed by atoms with Crippen LogP contribution < -0.4 is 10.6 Å². The first-order valence-corrected chi connectivity index (χ1v) is 6.33.